The molecule has 2 N–H and O–H groups in total. The normalized spacial score (nSPS) is 11.2. The van der Waals surface area contributed by atoms with E-state index in [4.69, 9.17) is 4.52 Å². The van der Waals surface area contributed by atoms with Crippen LogP contribution in [0.1, 0.15) is 30.6 Å². The Morgan fingerprint density at radius 2 is 1.58 bits per heavy atom. The van der Waals surface area contributed by atoms with Gasteiger partial charge >= 0.3 is 0 Å². The molecule has 0 radical (unpaired) electrons. The van der Waals surface area contributed by atoms with E-state index in [0.717, 1.165) is 5.56 Å². The smallest absolute Gasteiger partial charge is 0.227 e. The molecular formula is C21H22N4O5S. The van der Waals surface area contributed by atoms with Crippen molar-refractivity contribution >= 4 is 33.0 Å². The summed E-state index contributed by atoms with van der Waals surface area (Å²) in [4.78, 5) is 27.4. The molecule has 31 heavy (non-hydrogen) atoms. The Labute approximate surface area is 179 Å². The van der Waals surface area contributed by atoms with E-state index < -0.39 is 9.84 Å². The molecule has 0 aliphatic carbocycles. The van der Waals surface area contributed by atoms with Crippen LogP contribution in [0, 0.1) is 6.92 Å². The van der Waals surface area contributed by atoms with Crippen LogP contribution in [0.4, 0.5) is 11.4 Å². The molecule has 0 aliphatic rings. The number of rotatable bonds is 8. The minimum absolute atomic E-state index is 0.0459. The van der Waals surface area contributed by atoms with Gasteiger partial charge in [0.25, 0.3) is 0 Å². The Morgan fingerprint density at radius 1 is 0.968 bits per heavy atom. The Kier molecular flexibility index (Phi) is 6.81. The molecule has 3 rings (SSSR count). The number of hydrogen-bond donors (Lipinski definition) is 2. The highest BCUT2D eigenvalue weighted by atomic mass is 32.2. The third kappa shape index (κ3) is 6.48. The minimum atomic E-state index is -3.59. The molecule has 0 fully saturated rings. The lowest BCUT2D eigenvalue weighted by Gasteiger charge is -2.06. The first kappa shape index (κ1) is 22.2. The maximum absolute atomic E-state index is 12.5. The summed E-state index contributed by atoms with van der Waals surface area (Å²) in [6.45, 7) is 3.29. The van der Waals surface area contributed by atoms with E-state index >= 15 is 0 Å². The average Bonchev–Trinajstić information content (AvgIpc) is 3.14. The van der Waals surface area contributed by atoms with Gasteiger partial charge in [0, 0.05) is 31.1 Å². The molecule has 2 amide bonds. The lowest BCUT2D eigenvalue weighted by Crippen LogP contribution is -2.12. The standard InChI is InChI=1S/C21H22N4O5S/c1-14-3-9-18(10-4-14)31(28,29)13-19-24-21(30-25-19)12-11-20(27)23-17-7-5-16(6-8-17)22-15(2)26/h3-10H,11-13H2,1-2H3,(H,22,26)(H,23,27). The summed E-state index contributed by atoms with van der Waals surface area (Å²) in [5, 5.41) is 9.08. The van der Waals surface area contributed by atoms with Gasteiger partial charge < -0.3 is 15.2 Å². The first-order valence-corrected chi connectivity index (χ1v) is 11.1. The molecule has 1 heterocycles. The number of amides is 2. The number of anilines is 2. The van der Waals surface area contributed by atoms with Gasteiger partial charge in [-0.1, -0.05) is 22.9 Å². The van der Waals surface area contributed by atoms with Crippen LogP contribution in [0.5, 0.6) is 0 Å². The van der Waals surface area contributed by atoms with E-state index in [0.29, 0.717) is 11.4 Å². The maximum atomic E-state index is 12.5. The van der Waals surface area contributed by atoms with Gasteiger partial charge in [0.15, 0.2) is 15.7 Å². The van der Waals surface area contributed by atoms with Gasteiger partial charge in [0.05, 0.1) is 4.90 Å². The van der Waals surface area contributed by atoms with Gasteiger partial charge in [0.1, 0.15) is 5.75 Å². The number of aromatic nitrogens is 2. The summed E-state index contributed by atoms with van der Waals surface area (Å²) >= 11 is 0. The zero-order valence-electron chi connectivity index (χ0n) is 17.1. The van der Waals surface area contributed by atoms with Gasteiger partial charge in [-0.2, -0.15) is 4.98 Å². The summed E-state index contributed by atoms with van der Waals surface area (Å²) in [5.74, 6) is -0.594. The van der Waals surface area contributed by atoms with Crippen molar-refractivity contribution in [3.8, 4) is 0 Å². The van der Waals surface area contributed by atoms with Gasteiger partial charge in [-0.15, -0.1) is 0 Å². The number of carbonyl (C=O) groups is 2. The molecular weight excluding hydrogens is 420 g/mol. The highest BCUT2D eigenvalue weighted by Crippen LogP contribution is 2.17. The van der Waals surface area contributed by atoms with Crippen molar-refractivity contribution in [2.24, 2.45) is 0 Å². The summed E-state index contributed by atoms with van der Waals surface area (Å²) in [7, 11) is -3.59. The SMILES string of the molecule is CC(=O)Nc1ccc(NC(=O)CCc2nc(CS(=O)(=O)c3ccc(C)cc3)no2)cc1. The third-order valence-corrected chi connectivity index (χ3v) is 5.89. The highest BCUT2D eigenvalue weighted by molar-refractivity contribution is 7.90. The largest absolute Gasteiger partial charge is 0.339 e. The first-order valence-electron chi connectivity index (χ1n) is 9.50. The van der Waals surface area contributed by atoms with E-state index in [1.807, 2.05) is 6.92 Å². The van der Waals surface area contributed by atoms with Crippen molar-refractivity contribution < 1.29 is 22.5 Å². The molecule has 0 bridgehead atoms. The fourth-order valence-corrected chi connectivity index (χ4v) is 3.91. The summed E-state index contributed by atoms with van der Waals surface area (Å²) in [5.41, 5.74) is 2.17. The molecule has 2 aromatic carbocycles. The van der Waals surface area contributed by atoms with Crippen molar-refractivity contribution in [3.05, 3.63) is 65.8 Å². The number of benzene rings is 2. The van der Waals surface area contributed by atoms with E-state index in [9.17, 15) is 18.0 Å². The second kappa shape index (κ2) is 9.52. The molecule has 0 aliphatic heterocycles. The third-order valence-electron chi connectivity index (χ3n) is 4.26. The zero-order chi connectivity index (χ0) is 22.4. The molecule has 0 spiro atoms. The monoisotopic (exact) mass is 442 g/mol. The van der Waals surface area contributed by atoms with Gasteiger partial charge in [-0.05, 0) is 43.3 Å². The maximum Gasteiger partial charge on any atom is 0.227 e. The van der Waals surface area contributed by atoms with E-state index in [1.165, 1.54) is 6.92 Å². The summed E-state index contributed by atoms with van der Waals surface area (Å²) in [6, 6.07) is 13.2. The quantitative estimate of drug-likeness (QED) is 0.548. The van der Waals surface area contributed by atoms with Crippen LogP contribution in [0.2, 0.25) is 0 Å². The first-order chi connectivity index (χ1) is 14.7. The Bertz CT molecular complexity index is 1170. The van der Waals surface area contributed by atoms with E-state index in [2.05, 4.69) is 20.8 Å². The summed E-state index contributed by atoms with van der Waals surface area (Å²) in [6.07, 6.45) is 0.257. The Morgan fingerprint density at radius 3 is 2.19 bits per heavy atom. The van der Waals surface area contributed by atoms with Crippen LogP contribution in [0.3, 0.4) is 0 Å². The van der Waals surface area contributed by atoms with Crippen LogP contribution in [0.25, 0.3) is 0 Å². The lowest BCUT2D eigenvalue weighted by molar-refractivity contribution is -0.116. The number of aryl methyl sites for hydroxylation is 2. The van der Waals surface area contributed by atoms with Gasteiger partial charge in [0.2, 0.25) is 17.7 Å². The van der Waals surface area contributed by atoms with Crippen molar-refractivity contribution in [3.63, 3.8) is 0 Å². The molecule has 3 aromatic rings. The molecule has 10 heteroatoms. The zero-order valence-corrected chi connectivity index (χ0v) is 17.9. The van der Waals surface area contributed by atoms with Crippen LogP contribution in [-0.2, 0) is 31.6 Å². The molecule has 0 unspecified atom stereocenters. The Balaban J connectivity index is 1.52. The highest BCUT2D eigenvalue weighted by Gasteiger charge is 2.19. The average molecular weight is 442 g/mol. The van der Waals surface area contributed by atoms with Crippen molar-refractivity contribution in [2.45, 2.75) is 37.3 Å². The van der Waals surface area contributed by atoms with Gasteiger partial charge in [-0.3, -0.25) is 9.59 Å². The van der Waals surface area contributed by atoms with E-state index in [-0.39, 0.29) is 47.0 Å². The van der Waals surface area contributed by atoms with Gasteiger partial charge in [-0.25, -0.2) is 8.42 Å². The number of carbonyl (C=O) groups excluding carboxylic acids is 2. The molecule has 162 valence electrons. The van der Waals surface area contributed by atoms with Crippen molar-refractivity contribution in [2.75, 3.05) is 10.6 Å². The predicted molar refractivity (Wildman–Crippen MR) is 114 cm³/mol. The van der Waals surface area contributed by atoms with Crippen LogP contribution in [-0.4, -0.2) is 30.4 Å². The molecule has 1 aromatic heterocycles. The number of hydrogen-bond acceptors (Lipinski definition) is 7. The fourth-order valence-electron chi connectivity index (χ4n) is 2.73. The Hall–Kier alpha value is -3.53. The van der Waals surface area contributed by atoms with Crippen LogP contribution >= 0.6 is 0 Å². The number of sulfone groups is 1. The van der Waals surface area contributed by atoms with Crippen molar-refractivity contribution in [1.29, 1.82) is 0 Å². The fraction of sp³-hybridized carbons (Fsp3) is 0.238. The number of nitrogens with one attached hydrogen (secondary N) is 2. The second-order valence-corrected chi connectivity index (χ2v) is 8.97. The van der Waals surface area contributed by atoms with E-state index in [1.54, 1.807) is 48.5 Å². The van der Waals surface area contributed by atoms with Crippen molar-refractivity contribution in [1.82, 2.24) is 10.1 Å². The molecule has 0 saturated carbocycles. The van der Waals surface area contributed by atoms with Crippen LogP contribution in [0.15, 0.2) is 57.9 Å². The van der Waals surface area contributed by atoms with Crippen LogP contribution < -0.4 is 10.6 Å². The predicted octanol–water partition coefficient (Wildman–Crippen LogP) is 2.88. The molecule has 0 atom stereocenters. The molecule has 9 nitrogen and oxygen atoms in total. The summed E-state index contributed by atoms with van der Waals surface area (Å²) < 4.78 is 30.0. The topological polar surface area (TPSA) is 131 Å². The minimum Gasteiger partial charge on any atom is -0.339 e. The lowest BCUT2D eigenvalue weighted by atomic mass is 10.2. The molecule has 0 saturated heterocycles. The number of nitrogens with zero attached hydrogens (tertiary/aromatic N) is 2. The second-order valence-electron chi connectivity index (χ2n) is 6.98.